The van der Waals surface area contributed by atoms with Crippen LogP contribution in [0.2, 0.25) is 0 Å². The van der Waals surface area contributed by atoms with Crippen molar-refractivity contribution in [2.24, 2.45) is 16.8 Å². The summed E-state index contributed by atoms with van der Waals surface area (Å²) in [4.78, 5) is 5.89. The molecular formula is C18H23FN2O2. The number of hydrogen-bond acceptors (Lipinski definition) is 4. The molecule has 0 amide bonds. The number of para-hydroxylation sites is 1. The average molecular weight is 318 g/mol. The number of likely N-dealkylation sites (tertiary alicyclic amines) is 1. The third-order valence-corrected chi connectivity index (χ3v) is 5.07. The van der Waals surface area contributed by atoms with E-state index in [1.807, 2.05) is 6.92 Å². The van der Waals surface area contributed by atoms with Crippen molar-refractivity contribution in [2.75, 3.05) is 13.1 Å². The molecule has 3 rings (SSSR count). The maximum atomic E-state index is 13.7. The van der Waals surface area contributed by atoms with Crippen LogP contribution in [0, 0.1) is 17.7 Å². The first-order valence-electron chi connectivity index (χ1n) is 8.08. The second kappa shape index (κ2) is 6.71. The highest BCUT2D eigenvalue weighted by Crippen LogP contribution is 2.41. The Morgan fingerprint density at radius 3 is 2.65 bits per heavy atom. The van der Waals surface area contributed by atoms with Crippen LogP contribution in [0.5, 0.6) is 5.75 Å². The summed E-state index contributed by atoms with van der Waals surface area (Å²) in [5.74, 6) is 1.38. The number of aliphatic hydroxyl groups is 1. The van der Waals surface area contributed by atoms with Gasteiger partial charge in [-0.05, 0) is 50.5 Å². The number of aliphatic imine (C=N–C) groups is 1. The van der Waals surface area contributed by atoms with Crippen LogP contribution < -0.4 is 4.74 Å². The molecule has 1 saturated heterocycles. The number of nitrogens with zero attached hydrogens (tertiary/aromatic N) is 2. The van der Waals surface area contributed by atoms with Gasteiger partial charge in [0.25, 0.3) is 0 Å². The fraction of sp³-hybridized carbons (Fsp3) is 0.500. The molecule has 2 aliphatic rings. The average Bonchev–Trinajstić information content (AvgIpc) is 3.07. The summed E-state index contributed by atoms with van der Waals surface area (Å²) in [5, 5.41) is 9.94. The molecule has 5 heteroatoms. The number of hydrogen-bond donors (Lipinski definition) is 1. The topological polar surface area (TPSA) is 45.1 Å². The van der Waals surface area contributed by atoms with Gasteiger partial charge in [-0.2, -0.15) is 0 Å². The molecule has 0 aromatic heterocycles. The Morgan fingerprint density at radius 2 is 2.04 bits per heavy atom. The first-order chi connectivity index (χ1) is 11.1. The highest BCUT2D eigenvalue weighted by atomic mass is 19.1. The summed E-state index contributed by atoms with van der Waals surface area (Å²) in [7, 11) is 0. The lowest BCUT2D eigenvalue weighted by Gasteiger charge is -2.25. The zero-order valence-electron chi connectivity index (χ0n) is 13.4. The Labute approximate surface area is 136 Å². The van der Waals surface area contributed by atoms with E-state index in [4.69, 9.17) is 4.74 Å². The molecule has 1 N–H and O–H groups in total. The molecule has 0 bridgehead atoms. The Kier molecular flexibility index (Phi) is 4.66. The minimum Gasteiger partial charge on any atom is -0.509 e. The first-order valence-corrected chi connectivity index (χ1v) is 8.08. The lowest BCUT2D eigenvalue weighted by atomic mass is 10.0. The molecule has 0 spiro atoms. The molecule has 23 heavy (non-hydrogen) atoms. The van der Waals surface area contributed by atoms with Gasteiger partial charge in [-0.15, -0.1) is 0 Å². The molecule has 1 aliphatic heterocycles. The van der Waals surface area contributed by atoms with E-state index in [-0.39, 0.29) is 23.7 Å². The molecule has 124 valence electrons. The number of ether oxygens (including phenoxy) is 1. The molecule has 0 radical (unpaired) electrons. The molecule has 1 aliphatic carbocycles. The van der Waals surface area contributed by atoms with E-state index in [1.54, 1.807) is 18.2 Å². The van der Waals surface area contributed by atoms with Gasteiger partial charge in [0, 0.05) is 13.1 Å². The number of halogens is 1. The number of aliphatic hydroxyl groups excluding tert-OH is 1. The molecule has 4 atom stereocenters. The number of rotatable bonds is 5. The highest BCUT2D eigenvalue weighted by Gasteiger charge is 2.43. The van der Waals surface area contributed by atoms with Crippen molar-refractivity contribution in [1.82, 2.24) is 4.90 Å². The van der Waals surface area contributed by atoms with Gasteiger partial charge in [-0.3, -0.25) is 9.89 Å². The third kappa shape index (κ3) is 3.39. The van der Waals surface area contributed by atoms with Crippen LogP contribution >= 0.6 is 0 Å². The Hall–Kier alpha value is -1.88. The highest BCUT2D eigenvalue weighted by molar-refractivity contribution is 5.26. The van der Waals surface area contributed by atoms with Crippen LogP contribution in [0.15, 0.2) is 41.2 Å². The van der Waals surface area contributed by atoms with Gasteiger partial charge in [0.2, 0.25) is 0 Å². The fourth-order valence-corrected chi connectivity index (χ4v) is 3.80. The van der Waals surface area contributed by atoms with E-state index in [0.717, 1.165) is 25.9 Å². The van der Waals surface area contributed by atoms with Crippen LogP contribution in [-0.4, -0.2) is 42.0 Å². The summed E-state index contributed by atoms with van der Waals surface area (Å²) in [6, 6.07) is 6.53. The van der Waals surface area contributed by atoms with Crippen LogP contribution in [-0.2, 0) is 0 Å². The van der Waals surface area contributed by atoms with Gasteiger partial charge >= 0.3 is 0 Å². The second-order valence-electron chi connectivity index (χ2n) is 6.53. The van der Waals surface area contributed by atoms with Crippen molar-refractivity contribution >= 4 is 6.72 Å². The van der Waals surface area contributed by atoms with E-state index in [9.17, 15) is 9.50 Å². The zero-order chi connectivity index (χ0) is 16.4. The van der Waals surface area contributed by atoms with Gasteiger partial charge in [-0.1, -0.05) is 12.1 Å². The van der Waals surface area contributed by atoms with Crippen LogP contribution in [0.1, 0.15) is 19.8 Å². The van der Waals surface area contributed by atoms with Gasteiger partial charge in [0.15, 0.2) is 11.6 Å². The van der Waals surface area contributed by atoms with Crippen molar-refractivity contribution in [1.29, 1.82) is 0 Å². The maximum Gasteiger partial charge on any atom is 0.165 e. The molecule has 1 aromatic rings. The lowest BCUT2D eigenvalue weighted by Crippen LogP contribution is -2.34. The summed E-state index contributed by atoms with van der Waals surface area (Å²) < 4.78 is 19.5. The standard InChI is InChI=1S/C18H23FN2O2/c1-12(17(22)9-20-2)21-10-13-7-15(8-14(13)11-21)23-18-6-4-3-5-16(18)19/h3-6,9,12-15,22H,2,7-8,10-11H2,1H3/b17-9+/t12?,13-,14+,15+. The quantitative estimate of drug-likeness (QED) is 0.668. The Morgan fingerprint density at radius 1 is 1.39 bits per heavy atom. The van der Waals surface area contributed by atoms with Crippen LogP contribution in [0.25, 0.3) is 0 Å². The number of fused-ring (bicyclic) bond motifs is 1. The number of benzene rings is 1. The molecule has 4 nitrogen and oxygen atoms in total. The van der Waals surface area contributed by atoms with Crippen LogP contribution in [0.4, 0.5) is 4.39 Å². The van der Waals surface area contributed by atoms with Gasteiger partial charge in [0.05, 0.1) is 18.3 Å². The van der Waals surface area contributed by atoms with E-state index in [2.05, 4.69) is 16.6 Å². The van der Waals surface area contributed by atoms with E-state index in [1.165, 1.54) is 12.3 Å². The first kappa shape index (κ1) is 16.0. The molecule has 1 aromatic carbocycles. The van der Waals surface area contributed by atoms with Gasteiger partial charge < -0.3 is 9.84 Å². The predicted molar refractivity (Wildman–Crippen MR) is 88.3 cm³/mol. The van der Waals surface area contributed by atoms with E-state index < -0.39 is 0 Å². The van der Waals surface area contributed by atoms with Crippen LogP contribution in [0.3, 0.4) is 0 Å². The summed E-state index contributed by atoms with van der Waals surface area (Å²) in [6.45, 7) is 7.21. The molecule has 2 fully saturated rings. The molecule has 1 unspecified atom stereocenters. The summed E-state index contributed by atoms with van der Waals surface area (Å²) >= 11 is 0. The van der Waals surface area contributed by atoms with Crippen molar-refractivity contribution in [2.45, 2.75) is 31.9 Å². The lowest BCUT2D eigenvalue weighted by molar-refractivity contribution is 0.163. The van der Waals surface area contributed by atoms with Crippen molar-refractivity contribution in [3.63, 3.8) is 0 Å². The smallest absolute Gasteiger partial charge is 0.165 e. The van der Waals surface area contributed by atoms with E-state index in [0.29, 0.717) is 17.6 Å². The van der Waals surface area contributed by atoms with Gasteiger partial charge in [-0.25, -0.2) is 4.39 Å². The van der Waals surface area contributed by atoms with Crippen molar-refractivity contribution in [3.8, 4) is 5.75 Å². The zero-order valence-corrected chi connectivity index (χ0v) is 13.4. The minimum atomic E-state index is -0.299. The van der Waals surface area contributed by atoms with Crippen molar-refractivity contribution in [3.05, 3.63) is 42.0 Å². The molecule has 1 saturated carbocycles. The minimum absolute atomic E-state index is 0.0444. The summed E-state index contributed by atoms with van der Waals surface area (Å²) in [6.07, 6.45) is 3.36. The summed E-state index contributed by atoms with van der Waals surface area (Å²) in [5.41, 5.74) is 0. The second-order valence-corrected chi connectivity index (χ2v) is 6.53. The Bertz CT molecular complexity index is 590. The molecular weight excluding hydrogens is 295 g/mol. The van der Waals surface area contributed by atoms with E-state index >= 15 is 0 Å². The largest absolute Gasteiger partial charge is 0.509 e. The fourth-order valence-electron chi connectivity index (χ4n) is 3.80. The third-order valence-electron chi connectivity index (χ3n) is 5.07. The maximum absolute atomic E-state index is 13.7. The monoisotopic (exact) mass is 318 g/mol. The SMILES string of the molecule is C=N/C=C(/O)C(C)N1C[C@H]2C[C@H](Oc3ccccc3F)C[C@H]2C1. The van der Waals surface area contributed by atoms with Crippen molar-refractivity contribution < 1.29 is 14.2 Å². The van der Waals surface area contributed by atoms with Gasteiger partial charge in [0.1, 0.15) is 5.76 Å². The molecule has 1 heterocycles. The Balaban J connectivity index is 1.56. The predicted octanol–water partition coefficient (Wildman–Crippen LogP) is 3.40. The normalized spacial score (nSPS) is 29.3.